The van der Waals surface area contributed by atoms with Crippen LogP contribution >= 0.6 is 0 Å². The van der Waals surface area contributed by atoms with Crippen molar-refractivity contribution in [2.45, 2.75) is 59.0 Å². The molecule has 0 aliphatic carbocycles. The van der Waals surface area contributed by atoms with Gasteiger partial charge in [0.15, 0.2) is 0 Å². The second-order valence-corrected chi connectivity index (χ2v) is 8.44. The van der Waals surface area contributed by atoms with Gasteiger partial charge in [0.25, 0.3) is 0 Å². The highest BCUT2D eigenvalue weighted by atomic mass is 16.6. The first-order chi connectivity index (χ1) is 14.3. The molecule has 0 radical (unpaired) electrons. The van der Waals surface area contributed by atoms with Crippen molar-refractivity contribution in [2.75, 3.05) is 18.1 Å². The van der Waals surface area contributed by atoms with E-state index in [0.717, 1.165) is 42.5 Å². The van der Waals surface area contributed by atoms with E-state index in [0.29, 0.717) is 24.5 Å². The molecule has 1 aromatic heterocycles. The second kappa shape index (κ2) is 9.28. The molecule has 1 aliphatic rings. The summed E-state index contributed by atoms with van der Waals surface area (Å²) in [6.45, 7) is 8.38. The van der Waals surface area contributed by atoms with E-state index >= 15 is 0 Å². The molecule has 0 N–H and O–H groups in total. The average Bonchev–Trinajstić information content (AvgIpc) is 2.71. The van der Waals surface area contributed by atoms with Crippen LogP contribution in [0.15, 0.2) is 36.4 Å². The van der Waals surface area contributed by atoms with Gasteiger partial charge in [0, 0.05) is 12.2 Å². The van der Waals surface area contributed by atoms with Crippen molar-refractivity contribution in [1.29, 1.82) is 0 Å². The average molecular weight is 411 g/mol. The third-order valence-corrected chi connectivity index (χ3v) is 4.85. The summed E-state index contributed by atoms with van der Waals surface area (Å²) in [4.78, 5) is 30.8. The molecule has 0 saturated carbocycles. The van der Waals surface area contributed by atoms with E-state index in [1.807, 2.05) is 39.0 Å². The predicted octanol–water partition coefficient (Wildman–Crippen LogP) is 4.73. The molecular weight excluding hydrogens is 380 g/mol. The molecule has 3 rings (SSSR count). The molecule has 1 aromatic carbocycles. The van der Waals surface area contributed by atoms with Gasteiger partial charge in [-0.25, -0.2) is 14.6 Å². The Labute approximate surface area is 178 Å². The van der Waals surface area contributed by atoms with Crippen LogP contribution in [0.2, 0.25) is 0 Å². The minimum absolute atomic E-state index is 0.303. The highest BCUT2D eigenvalue weighted by molar-refractivity contribution is 5.89. The Hall–Kier alpha value is -2.89. The van der Waals surface area contributed by atoms with Gasteiger partial charge in [0.05, 0.1) is 12.2 Å². The summed E-state index contributed by atoms with van der Waals surface area (Å²) in [5.41, 5.74) is 3.14. The summed E-state index contributed by atoms with van der Waals surface area (Å²) in [6, 6.07) is 11.6. The molecule has 1 aliphatic heterocycles. The summed E-state index contributed by atoms with van der Waals surface area (Å²) in [5, 5.41) is 0. The van der Waals surface area contributed by atoms with E-state index in [-0.39, 0.29) is 12.1 Å². The van der Waals surface area contributed by atoms with Crippen molar-refractivity contribution in [1.82, 2.24) is 4.98 Å². The Bertz CT molecular complexity index is 900. The predicted molar refractivity (Wildman–Crippen MR) is 116 cm³/mol. The number of carbonyl (C=O) groups is 2. The Morgan fingerprint density at radius 1 is 1.07 bits per heavy atom. The summed E-state index contributed by atoms with van der Waals surface area (Å²) in [6.07, 6.45) is 3.01. The van der Waals surface area contributed by atoms with Crippen LogP contribution < -0.4 is 4.90 Å². The lowest BCUT2D eigenvalue weighted by Gasteiger charge is -2.31. The number of anilines is 1. The Morgan fingerprint density at radius 3 is 2.47 bits per heavy atom. The van der Waals surface area contributed by atoms with E-state index in [2.05, 4.69) is 6.07 Å². The number of fused-ring (bicyclic) bond motifs is 1. The maximum atomic E-state index is 12.6. The number of hydrogen-bond acceptors (Lipinski definition) is 5. The van der Waals surface area contributed by atoms with E-state index in [1.54, 1.807) is 24.0 Å². The van der Waals surface area contributed by atoms with Crippen molar-refractivity contribution >= 4 is 17.9 Å². The lowest BCUT2D eigenvalue weighted by Crippen LogP contribution is -2.40. The quantitative estimate of drug-likeness (QED) is 0.667. The monoisotopic (exact) mass is 410 g/mol. The Balaban J connectivity index is 1.69. The fourth-order valence-corrected chi connectivity index (χ4v) is 3.41. The number of nitrogens with zero attached hydrogens (tertiary/aromatic N) is 2. The Morgan fingerprint density at radius 2 is 1.80 bits per heavy atom. The molecule has 160 valence electrons. The third kappa shape index (κ3) is 5.59. The van der Waals surface area contributed by atoms with Crippen molar-refractivity contribution in [3.05, 3.63) is 58.8 Å². The third-order valence-electron chi connectivity index (χ3n) is 4.85. The molecular formula is C24H30N2O4. The lowest BCUT2D eigenvalue weighted by atomic mass is 10.0. The van der Waals surface area contributed by atoms with Crippen molar-refractivity contribution < 1.29 is 19.1 Å². The maximum absolute atomic E-state index is 12.6. The van der Waals surface area contributed by atoms with Crippen LogP contribution in [-0.2, 0) is 28.7 Å². The summed E-state index contributed by atoms with van der Waals surface area (Å²) in [5.74, 6) is 0.410. The zero-order valence-electron chi connectivity index (χ0n) is 18.2. The lowest BCUT2D eigenvalue weighted by molar-refractivity contribution is 0.0524. The maximum Gasteiger partial charge on any atom is 0.416 e. The van der Waals surface area contributed by atoms with Crippen LogP contribution in [0.25, 0.3) is 0 Å². The minimum Gasteiger partial charge on any atom is -0.462 e. The van der Waals surface area contributed by atoms with E-state index in [9.17, 15) is 9.59 Å². The molecule has 6 heteroatoms. The van der Waals surface area contributed by atoms with Crippen LogP contribution in [0.1, 0.15) is 61.3 Å². The molecule has 0 unspecified atom stereocenters. The molecule has 0 saturated heterocycles. The van der Waals surface area contributed by atoms with Gasteiger partial charge >= 0.3 is 12.1 Å². The number of amides is 1. The van der Waals surface area contributed by atoms with Gasteiger partial charge in [-0.1, -0.05) is 18.2 Å². The van der Waals surface area contributed by atoms with Crippen molar-refractivity contribution in [2.24, 2.45) is 0 Å². The van der Waals surface area contributed by atoms with E-state index < -0.39 is 5.60 Å². The summed E-state index contributed by atoms with van der Waals surface area (Å²) < 4.78 is 10.6. The molecule has 0 spiro atoms. The number of carbonyl (C=O) groups excluding carboxylic acids is 2. The van der Waals surface area contributed by atoms with Crippen LogP contribution in [0.5, 0.6) is 0 Å². The topological polar surface area (TPSA) is 68.7 Å². The summed E-state index contributed by atoms with van der Waals surface area (Å²) in [7, 11) is 0. The number of hydrogen-bond donors (Lipinski definition) is 0. The van der Waals surface area contributed by atoms with Gasteiger partial charge in [-0.15, -0.1) is 0 Å². The largest absolute Gasteiger partial charge is 0.462 e. The number of esters is 1. The second-order valence-electron chi connectivity index (χ2n) is 8.44. The van der Waals surface area contributed by atoms with Gasteiger partial charge in [0.1, 0.15) is 11.4 Å². The standard InChI is InChI=1S/C24H30N2O4/c1-5-29-22(27)19-11-8-17(9-12-19)10-14-20-15-13-18-7-6-16-26(21(18)25-20)23(28)30-24(2,3)4/h8-9,11-13,15H,5-7,10,14,16H2,1-4H3. The van der Waals surface area contributed by atoms with Crippen LogP contribution in [0.3, 0.4) is 0 Å². The molecule has 30 heavy (non-hydrogen) atoms. The van der Waals surface area contributed by atoms with Crippen LogP contribution in [0, 0.1) is 0 Å². The smallest absolute Gasteiger partial charge is 0.416 e. The normalized spacial score (nSPS) is 13.5. The fourth-order valence-electron chi connectivity index (χ4n) is 3.41. The zero-order chi connectivity index (χ0) is 21.7. The first kappa shape index (κ1) is 21.8. The first-order valence-electron chi connectivity index (χ1n) is 10.5. The fraction of sp³-hybridized carbons (Fsp3) is 0.458. The van der Waals surface area contributed by atoms with Crippen molar-refractivity contribution in [3.8, 4) is 0 Å². The molecule has 2 aromatic rings. The molecule has 0 bridgehead atoms. The molecule has 0 atom stereocenters. The molecule has 2 heterocycles. The van der Waals surface area contributed by atoms with Gasteiger partial charge in [-0.05, 0) is 82.7 Å². The SMILES string of the molecule is CCOC(=O)c1ccc(CCc2ccc3c(n2)N(C(=O)OC(C)(C)C)CCC3)cc1. The molecule has 6 nitrogen and oxygen atoms in total. The number of aryl methyl sites for hydroxylation is 3. The van der Waals surface area contributed by atoms with E-state index in [4.69, 9.17) is 14.5 Å². The number of ether oxygens (including phenoxy) is 2. The summed E-state index contributed by atoms with van der Waals surface area (Å²) >= 11 is 0. The number of benzene rings is 1. The number of pyridine rings is 1. The highest BCUT2D eigenvalue weighted by Gasteiger charge is 2.28. The number of aromatic nitrogens is 1. The number of rotatable bonds is 5. The molecule has 0 fully saturated rings. The minimum atomic E-state index is -0.540. The van der Waals surface area contributed by atoms with Crippen molar-refractivity contribution in [3.63, 3.8) is 0 Å². The highest BCUT2D eigenvalue weighted by Crippen LogP contribution is 2.27. The zero-order valence-corrected chi connectivity index (χ0v) is 18.2. The Kier molecular flexibility index (Phi) is 6.75. The van der Waals surface area contributed by atoms with Gasteiger partial charge in [0.2, 0.25) is 0 Å². The van der Waals surface area contributed by atoms with Gasteiger partial charge in [-0.3, -0.25) is 4.90 Å². The molecule has 1 amide bonds. The van der Waals surface area contributed by atoms with Crippen LogP contribution in [-0.4, -0.2) is 35.8 Å². The van der Waals surface area contributed by atoms with Crippen LogP contribution in [0.4, 0.5) is 10.6 Å². The first-order valence-corrected chi connectivity index (χ1v) is 10.5. The van der Waals surface area contributed by atoms with Gasteiger partial charge < -0.3 is 9.47 Å². The van der Waals surface area contributed by atoms with E-state index in [1.165, 1.54) is 0 Å². The van der Waals surface area contributed by atoms with Gasteiger partial charge in [-0.2, -0.15) is 0 Å².